The number of rotatable bonds is 6. The Kier molecular flexibility index (Phi) is 9.04. The minimum absolute atomic E-state index is 0.142. The van der Waals surface area contributed by atoms with E-state index >= 15 is 0 Å². The van der Waals surface area contributed by atoms with Gasteiger partial charge in [0.1, 0.15) is 0 Å². The molecule has 1 unspecified atom stereocenters. The van der Waals surface area contributed by atoms with Crippen molar-refractivity contribution >= 4 is 5.69 Å². The van der Waals surface area contributed by atoms with Crippen LogP contribution < -0.4 is 9.64 Å². The van der Waals surface area contributed by atoms with Crippen molar-refractivity contribution in [1.29, 1.82) is 0 Å². The summed E-state index contributed by atoms with van der Waals surface area (Å²) in [5, 5.41) is 9.70. The molecule has 2 aromatic rings. The molecule has 31 heavy (non-hydrogen) atoms. The number of phenolic OH excluding ortho intramolecular Hbond substituents is 1. The van der Waals surface area contributed by atoms with Crippen LogP contribution in [0.3, 0.4) is 0 Å². The number of aryl methyl sites for hydroxylation is 1. The maximum Gasteiger partial charge on any atom is 0.416 e. The van der Waals surface area contributed by atoms with E-state index in [0.29, 0.717) is 11.8 Å². The molecular formula is C24H33F3N2O2. The first kappa shape index (κ1) is 24.9. The molecule has 1 heterocycles. The molecule has 1 saturated heterocycles. The zero-order valence-corrected chi connectivity index (χ0v) is 18.7. The number of ether oxygens (including phenoxy) is 1. The summed E-state index contributed by atoms with van der Waals surface area (Å²) in [5.41, 5.74) is 1.34. The van der Waals surface area contributed by atoms with Gasteiger partial charge in [0, 0.05) is 37.9 Å². The maximum absolute atomic E-state index is 12.7. The number of nitrogens with zero attached hydrogens (tertiary/aromatic N) is 2. The van der Waals surface area contributed by atoms with E-state index in [9.17, 15) is 18.3 Å². The molecule has 172 valence electrons. The van der Waals surface area contributed by atoms with E-state index < -0.39 is 11.7 Å². The lowest BCUT2D eigenvalue weighted by Crippen LogP contribution is -2.49. The van der Waals surface area contributed by atoms with E-state index in [0.717, 1.165) is 62.4 Å². The SMILES string of the molecule is CC.COc1cc(CCC(C)N2CCN(c3ccc(C(F)(F)F)cc3)CC2)ccc1O. The highest BCUT2D eigenvalue weighted by molar-refractivity contribution is 5.48. The molecule has 0 bridgehead atoms. The van der Waals surface area contributed by atoms with Gasteiger partial charge in [-0.15, -0.1) is 0 Å². The topological polar surface area (TPSA) is 35.9 Å². The van der Waals surface area contributed by atoms with Crippen molar-refractivity contribution in [3.8, 4) is 11.5 Å². The number of piperazine rings is 1. The van der Waals surface area contributed by atoms with E-state index in [-0.39, 0.29) is 5.75 Å². The monoisotopic (exact) mass is 438 g/mol. The first-order valence-electron chi connectivity index (χ1n) is 10.8. The molecule has 0 amide bonds. The van der Waals surface area contributed by atoms with Gasteiger partial charge < -0.3 is 14.7 Å². The van der Waals surface area contributed by atoms with Crippen LogP contribution in [-0.2, 0) is 12.6 Å². The van der Waals surface area contributed by atoms with Crippen molar-refractivity contribution in [3.63, 3.8) is 0 Å². The molecule has 1 aliphatic heterocycles. The van der Waals surface area contributed by atoms with Gasteiger partial charge in [0.25, 0.3) is 0 Å². The summed E-state index contributed by atoms with van der Waals surface area (Å²) < 4.78 is 43.3. The van der Waals surface area contributed by atoms with Gasteiger partial charge in [-0.1, -0.05) is 19.9 Å². The van der Waals surface area contributed by atoms with Crippen LogP contribution in [0.2, 0.25) is 0 Å². The number of phenols is 1. The van der Waals surface area contributed by atoms with Gasteiger partial charge in [0.15, 0.2) is 11.5 Å². The number of hydrogen-bond donors (Lipinski definition) is 1. The summed E-state index contributed by atoms with van der Waals surface area (Å²) in [6.45, 7) is 9.54. The number of alkyl halides is 3. The first-order valence-corrected chi connectivity index (χ1v) is 10.8. The second-order valence-electron chi connectivity index (χ2n) is 7.46. The predicted molar refractivity (Wildman–Crippen MR) is 119 cm³/mol. The number of anilines is 1. The molecule has 1 atom stereocenters. The van der Waals surface area contributed by atoms with E-state index in [4.69, 9.17) is 4.74 Å². The molecule has 1 fully saturated rings. The molecule has 1 N–H and O–H groups in total. The maximum atomic E-state index is 12.7. The van der Waals surface area contributed by atoms with Crippen molar-refractivity contribution in [3.05, 3.63) is 53.6 Å². The van der Waals surface area contributed by atoms with Crippen molar-refractivity contribution < 1.29 is 23.0 Å². The molecule has 0 radical (unpaired) electrons. The van der Waals surface area contributed by atoms with Crippen molar-refractivity contribution in [2.45, 2.75) is 45.8 Å². The van der Waals surface area contributed by atoms with Crippen LogP contribution in [0.15, 0.2) is 42.5 Å². The highest BCUT2D eigenvalue weighted by Crippen LogP contribution is 2.31. The Balaban J connectivity index is 0.00000166. The lowest BCUT2D eigenvalue weighted by Gasteiger charge is -2.39. The summed E-state index contributed by atoms with van der Waals surface area (Å²) >= 11 is 0. The summed E-state index contributed by atoms with van der Waals surface area (Å²) in [5.74, 6) is 0.629. The van der Waals surface area contributed by atoms with Gasteiger partial charge in [-0.2, -0.15) is 13.2 Å². The fraction of sp³-hybridized carbons (Fsp3) is 0.500. The highest BCUT2D eigenvalue weighted by Gasteiger charge is 2.30. The van der Waals surface area contributed by atoms with Gasteiger partial charge in [0.05, 0.1) is 12.7 Å². The third kappa shape index (κ3) is 6.79. The Morgan fingerprint density at radius 1 is 1.00 bits per heavy atom. The second-order valence-corrected chi connectivity index (χ2v) is 7.46. The van der Waals surface area contributed by atoms with Crippen molar-refractivity contribution in [2.24, 2.45) is 0 Å². The molecule has 0 saturated carbocycles. The van der Waals surface area contributed by atoms with E-state index in [1.54, 1.807) is 18.2 Å². The van der Waals surface area contributed by atoms with E-state index in [1.165, 1.54) is 7.11 Å². The Labute approximate surface area is 183 Å². The van der Waals surface area contributed by atoms with Gasteiger partial charge in [0.2, 0.25) is 0 Å². The average molecular weight is 439 g/mol. The van der Waals surface area contributed by atoms with Crippen LogP contribution in [0.25, 0.3) is 0 Å². The minimum atomic E-state index is -4.30. The Hall–Kier alpha value is -2.41. The van der Waals surface area contributed by atoms with Crippen LogP contribution in [-0.4, -0.2) is 49.3 Å². The quantitative estimate of drug-likeness (QED) is 0.638. The third-order valence-corrected chi connectivity index (χ3v) is 5.59. The number of aromatic hydroxyl groups is 1. The van der Waals surface area contributed by atoms with Crippen LogP contribution in [0.4, 0.5) is 18.9 Å². The summed E-state index contributed by atoms with van der Waals surface area (Å²) in [4.78, 5) is 4.55. The molecule has 0 aliphatic carbocycles. The smallest absolute Gasteiger partial charge is 0.416 e. The predicted octanol–water partition coefficient (Wildman–Crippen LogP) is 5.59. The second kappa shape index (κ2) is 11.3. The van der Waals surface area contributed by atoms with Crippen LogP contribution in [0, 0.1) is 0 Å². The first-order chi connectivity index (χ1) is 14.8. The lowest BCUT2D eigenvalue weighted by molar-refractivity contribution is -0.137. The number of methoxy groups -OCH3 is 1. The molecule has 1 aliphatic rings. The summed E-state index contributed by atoms with van der Waals surface area (Å²) in [7, 11) is 1.54. The van der Waals surface area contributed by atoms with Gasteiger partial charge in [-0.25, -0.2) is 0 Å². The molecular weight excluding hydrogens is 405 g/mol. The zero-order chi connectivity index (χ0) is 23.0. The van der Waals surface area contributed by atoms with Gasteiger partial charge in [-0.3, -0.25) is 4.90 Å². The van der Waals surface area contributed by atoms with E-state index in [2.05, 4.69) is 16.7 Å². The Morgan fingerprint density at radius 2 is 1.61 bits per heavy atom. The number of halogens is 3. The Bertz CT molecular complexity index is 801. The van der Waals surface area contributed by atoms with Crippen LogP contribution in [0.5, 0.6) is 11.5 Å². The summed E-state index contributed by atoms with van der Waals surface area (Å²) in [6.07, 6.45) is -2.43. The van der Waals surface area contributed by atoms with Crippen LogP contribution in [0.1, 0.15) is 38.3 Å². The third-order valence-electron chi connectivity index (χ3n) is 5.59. The van der Waals surface area contributed by atoms with E-state index in [1.807, 2.05) is 26.0 Å². The molecule has 0 spiro atoms. The van der Waals surface area contributed by atoms with Gasteiger partial charge >= 0.3 is 6.18 Å². The van der Waals surface area contributed by atoms with Gasteiger partial charge in [-0.05, 0) is 61.7 Å². The van der Waals surface area contributed by atoms with Crippen molar-refractivity contribution in [2.75, 3.05) is 38.2 Å². The number of hydrogen-bond acceptors (Lipinski definition) is 4. The molecule has 7 heteroatoms. The minimum Gasteiger partial charge on any atom is -0.504 e. The Morgan fingerprint density at radius 3 is 2.16 bits per heavy atom. The lowest BCUT2D eigenvalue weighted by atomic mass is 10.0. The molecule has 2 aromatic carbocycles. The molecule has 0 aromatic heterocycles. The largest absolute Gasteiger partial charge is 0.504 e. The normalized spacial score (nSPS) is 15.8. The summed E-state index contributed by atoms with van der Waals surface area (Å²) in [6, 6.07) is 11.2. The molecule has 3 rings (SSSR count). The van der Waals surface area contributed by atoms with Crippen LogP contribution >= 0.6 is 0 Å². The number of benzene rings is 2. The average Bonchev–Trinajstić information content (AvgIpc) is 2.79. The fourth-order valence-corrected chi connectivity index (χ4v) is 3.72. The zero-order valence-electron chi connectivity index (χ0n) is 18.7. The molecule has 4 nitrogen and oxygen atoms in total. The standard InChI is InChI=1S/C22H27F3N2O2.C2H6/c1-16(3-4-17-5-10-20(28)21(15-17)29-2)26-11-13-27(14-12-26)19-8-6-18(7-9-19)22(23,24)25;1-2/h5-10,15-16,28H,3-4,11-14H2,1-2H3;1-2H3. The van der Waals surface area contributed by atoms with Crippen molar-refractivity contribution in [1.82, 2.24) is 4.90 Å². The fourth-order valence-electron chi connectivity index (χ4n) is 3.72. The highest BCUT2D eigenvalue weighted by atomic mass is 19.4.